The van der Waals surface area contributed by atoms with E-state index in [1.807, 2.05) is 18.3 Å². The second-order valence-corrected chi connectivity index (χ2v) is 6.61. The van der Waals surface area contributed by atoms with Gasteiger partial charge in [0.15, 0.2) is 0 Å². The average Bonchev–Trinajstić information content (AvgIpc) is 3.11. The molecule has 4 heterocycles. The summed E-state index contributed by atoms with van der Waals surface area (Å²) < 4.78 is 13.0. The number of fused-ring (bicyclic) bond motifs is 1. The van der Waals surface area contributed by atoms with Crippen molar-refractivity contribution in [3.05, 3.63) is 40.2 Å². The number of nitrogens with zero attached hydrogens (tertiary/aromatic N) is 5. The van der Waals surface area contributed by atoms with Gasteiger partial charge in [-0.25, -0.2) is 4.98 Å². The number of nitro groups is 1. The van der Waals surface area contributed by atoms with Crippen molar-refractivity contribution in [3.63, 3.8) is 0 Å². The van der Waals surface area contributed by atoms with Crippen LogP contribution in [-0.4, -0.2) is 45.3 Å². The Kier molecular flexibility index (Phi) is 4.70. The second kappa shape index (κ2) is 7.28. The van der Waals surface area contributed by atoms with Crippen molar-refractivity contribution in [2.45, 2.75) is 38.5 Å². The Bertz CT molecular complexity index is 770. The molecule has 0 saturated carbocycles. The Morgan fingerprint density at radius 3 is 2.88 bits per heavy atom. The van der Waals surface area contributed by atoms with E-state index in [9.17, 15) is 10.1 Å². The van der Waals surface area contributed by atoms with Gasteiger partial charge in [-0.05, 0) is 35.8 Å². The molecule has 4 rings (SSSR count). The summed E-state index contributed by atoms with van der Waals surface area (Å²) in [6.45, 7) is 3.37. The number of ether oxygens (including phenoxy) is 2. The van der Waals surface area contributed by atoms with Gasteiger partial charge < -0.3 is 24.5 Å². The predicted molar refractivity (Wildman–Crippen MR) is 93.3 cm³/mol. The molecular weight excluding hydrogens is 338 g/mol. The molecule has 0 spiro atoms. The third-order valence-corrected chi connectivity index (χ3v) is 4.69. The zero-order valence-corrected chi connectivity index (χ0v) is 14.4. The van der Waals surface area contributed by atoms with Crippen LogP contribution in [0.25, 0.3) is 0 Å². The number of imidazole rings is 1. The average molecular weight is 359 g/mol. The Morgan fingerprint density at radius 1 is 1.31 bits per heavy atom. The van der Waals surface area contributed by atoms with E-state index in [0.29, 0.717) is 19.8 Å². The molecule has 138 valence electrons. The van der Waals surface area contributed by atoms with Crippen LogP contribution >= 0.6 is 0 Å². The van der Waals surface area contributed by atoms with Gasteiger partial charge in [-0.15, -0.1) is 0 Å². The summed E-state index contributed by atoms with van der Waals surface area (Å²) in [5.74, 6) is 0.808. The fraction of sp³-hybridized carbons (Fsp3) is 0.529. The van der Waals surface area contributed by atoms with Gasteiger partial charge in [-0.2, -0.15) is 0 Å². The first-order valence-corrected chi connectivity index (χ1v) is 8.85. The number of anilines is 1. The van der Waals surface area contributed by atoms with Crippen LogP contribution in [0.5, 0.6) is 6.01 Å². The highest BCUT2D eigenvalue weighted by Gasteiger charge is 2.28. The van der Waals surface area contributed by atoms with E-state index in [1.165, 1.54) is 25.5 Å². The summed E-state index contributed by atoms with van der Waals surface area (Å²) in [7, 11) is 0. The highest BCUT2D eigenvalue weighted by molar-refractivity contribution is 5.39. The van der Waals surface area contributed by atoms with Gasteiger partial charge in [0.25, 0.3) is 0 Å². The van der Waals surface area contributed by atoms with Crippen LogP contribution in [0.3, 0.4) is 0 Å². The summed E-state index contributed by atoms with van der Waals surface area (Å²) in [6, 6.07) is 4.34. The summed E-state index contributed by atoms with van der Waals surface area (Å²) in [4.78, 5) is 21.0. The van der Waals surface area contributed by atoms with Gasteiger partial charge in [-0.1, -0.05) is 6.07 Å². The minimum atomic E-state index is -0.528. The predicted octanol–water partition coefficient (Wildman–Crippen LogP) is 2.15. The minimum Gasteiger partial charge on any atom is -0.443 e. The molecular formula is C17H21N5O4. The Balaban J connectivity index is 1.32. The molecule has 2 aliphatic heterocycles. The molecule has 1 saturated heterocycles. The Labute approximate surface area is 150 Å². The Hall–Kier alpha value is -2.68. The van der Waals surface area contributed by atoms with E-state index in [-0.39, 0.29) is 17.9 Å². The van der Waals surface area contributed by atoms with Gasteiger partial charge in [0.2, 0.25) is 0 Å². The minimum absolute atomic E-state index is 0.182. The van der Waals surface area contributed by atoms with Gasteiger partial charge >= 0.3 is 11.8 Å². The van der Waals surface area contributed by atoms with Crippen molar-refractivity contribution in [2.24, 2.45) is 0 Å². The van der Waals surface area contributed by atoms with E-state index in [1.54, 1.807) is 4.57 Å². The quantitative estimate of drug-likeness (QED) is 0.596. The van der Waals surface area contributed by atoms with Crippen LogP contribution in [0.1, 0.15) is 24.8 Å². The molecule has 0 aromatic carbocycles. The van der Waals surface area contributed by atoms with E-state index in [4.69, 9.17) is 9.47 Å². The maximum Gasteiger partial charge on any atom is 0.414 e. The molecule has 2 aliphatic rings. The SMILES string of the molecule is O=[N+]([O-])c1cn2c(n1)OC[C@@H](OCc1ccc(N3CCCCC3)nc1)C2. The van der Waals surface area contributed by atoms with Crippen molar-refractivity contribution in [1.29, 1.82) is 0 Å². The number of aromatic nitrogens is 3. The zero-order valence-electron chi connectivity index (χ0n) is 14.4. The van der Waals surface area contributed by atoms with Crippen LogP contribution in [0.2, 0.25) is 0 Å². The van der Waals surface area contributed by atoms with Crippen LogP contribution in [-0.2, 0) is 17.9 Å². The van der Waals surface area contributed by atoms with Gasteiger partial charge in [0, 0.05) is 24.3 Å². The van der Waals surface area contributed by atoms with Crippen LogP contribution in [0.15, 0.2) is 24.5 Å². The lowest BCUT2D eigenvalue weighted by molar-refractivity contribution is -0.389. The summed E-state index contributed by atoms with van der Waals surface area (Å²) in [6.07, 6.45) is 6.79. The molecule has 9 heteroatoms. The first-order chi connectivity index (χ1) is 12.7. The number of piperidine rings is 1. The first kappa shape index (κ1) is 16.8. The van der Waals surface area contributed by atoms with Crippen LogP contribution < -0.4 is 9.64 Å². The molecule has 0 radical (unpaired) electrons. The third-order valence-electron chi connectivity index (χ3n) is 4.69. The molecule has 9 nitrogen and oxygen atoms in total. The lowest BCUT2D eigenvalue weighted by Gasteiger charge is -2.27. The molecule has 1 fully saturated rings. The summed E-state index contributed by atoms with van der Waals surface area (Å²) >= 11 is 0. The molecule has 0 N–H and O–H groups in total. The zero-order chi connectivity index (χ0) is 17.9. The number of hydrogen-bond acceptors (Lipinski definition) is 7. The van der Waals surface area contributed by atoms with Crippen molar-refractivity contribution in [2.75, 3.05) is 24.6 Å². The molecule has 2 aromatic rings. The second-order valence-electron chi connectivity index (χ2n) is 6.61. The molecule has 0 bridgehead atoms. The molecule has 1 atom stereocenters. The first-order valence-electron chi connectivity index (χ1n) is 8.85. The largest absolute Gasteiger partial charge is 0.443 e. The normalized spacial score (nSPS) is 19.7. The molecule has 0 amide bonds. The van der Waals surface area contributed by atoms with Crippen molar-refractivity contribution >= 4 is 11.6 Å². The number of rotatable bonds is 5. The number of pyridine rings is 1. The smallest absolute Gasteiger partial charge is 0.414 e. The summed E-state index contributed by atoms with van der Waals surface area (Å²) in [5, 5.41) is 10.8. The maximum absolute atomic E-state index is 10.8. The Morgan fingerprint density at radius 2 is 2.15 bits per heavy atom. The topological polar surface area (TPSA) is 95.5 Å². The molecule has 0 unspecified atom stereocenters. The van der Waals surface area contributed by atoms with E-state index >= 15 is 0 Å². The highest BCUT2D eigenvalue weighted by Crippen LogP contribution is 2.23. The van der Waals surface area contributed by atoms with E-state index in [2.05, 4.69) is 14.9 Å². The van der Waals surface area contributed by atoms with Crippen LogP contribution in [0.4, 0.5) is 11.6 Å². The molecule has 0 aliphatic carbocycles. The fourth-order valence-electron chi connectivity index (χ4n) is 3.29. The van der Waals surface area contributed by atoms with E-state index < -0.39 is 4.92 Å². The van der Waals surface area contributed by atoms with Gasteiger partial charge in [-0.3, -0.25) is 4.57 Å². The molecule has 2 aromatic heterocycles. The molecule has 26 heavy (non-hydrogen) atoms. The lowest BCUT2D eigenvalue weighted by Crippen LogP contribution is -2.32. The lowest BCUT2D eigenvalue weighted by atomic mass is 10.1. The highest BCUT2D eigenvalue weighted by atomic mass is 16.6. The van der Waals surface area contributed by atoms with Crippen molar-refractivity contribution in [3.8, 4) is 6.01 Å². The van der Waals surface area contributed by atoms with E-state index in [0.717, 1.165) is 24.5 Å². The van der Waals surface area contributed by atoms with Crippen molar-refractivity contribution in [1.82, 2.24) is 14.5 Å². The maximum atomic E-state index is 10.8. The van der Waals surface area contributed by atoms with Gasteiger partial charge in [0.1, 0.15) is 24.7 Å². The van der Waals surface area contributed by atoms with Crippen molar-refractivity contribution < 1.29 is 14.4 Å². The third kappa shape index (κ3) is 3.62. The van der Waals surface area contributed by atoms with Crippen LogP contribution in [0, 0.1) is 10.1 Å². The van der Waals surface area contributed by atoms with Gasteiger partial charge in [0.05, 0.1) is 13.2 Å². The fourth-order valence-corrected chi connectivity index (χ4v) is 3.29. The standard InChI is InChI=1S/C17H21N5O4/c23-22(24)16-10-21-9-14(12-26-17(21)19-16)25-11-13-4-5-15(18-8-13)20-6-2-1-3-7-20/h4-5,8,10,14H,1-3,6-7,9,11-12H2/t14-/m0/s1. The summed E-state index contributed by atoms with van der Waals surface area (Å²) in [5.41, 5.74) is 0.994. The monoisotopic (exact) mass is 359 g/mol. The number of hydrogen-bond donors (Lipinski definition) is 0.